The van der Waals surface area contributed by atoms with Gasteiger partial charge in [0.05, 0.1) is 13.7 Å². The van der Waals surface area contributed by atoms with Gasteiger partial charge in [0.1, 0.15) is 11.5 Å². The topological polar surface area (TPSA) is 89.4 Å². The van der Waals surface area contributed by atoms with Crippen molar-refractivity contribution in [2.75, 3.05) is 20.3 Å². The maximum Gasteiger partial charge on any atom is 0.252 e. The summed E-state index contributed by atoms with van der Waals surface area (Å²) in [5, 5.41) is 12.2. The van der Waals surface area contributed by atoms with Crippen LogP contribution in [0.3, 0.4) is 0 Å². The van der Waals surface area contributed by atoms with Crippen LogP contribution in [-0.2, 0) is 16.1 Å². The first-order valence-electron chi connectivity index (χ1n) is 14.4. The summed E-state index contributed by atoms with van der Waals surface area (Å²) in [6.07, 6.45) is 4.22. The quantitative estimate of drug-likeness (QED) is 0.187. The van der Waals surface area contributed by atoms with E-state index in [0.29, 0.717) is 37.6 Å². The van der Waals surface area contributed by atoms with Gasteiger partial charge in [0.15, 0.2) is 11.6 Å². The standard InChI is InChI=1S/C36H36N2O5/c1-41-31-19-15-28(16-20-31)26-37-35(40)36(23-8-12-27-10-4-2-5-11-27)33(29-13-6-3-7-14-29)43-34(38-36)30-17-21-32(22-18-30)42-25-9-24-39/h2-8,10-22,33,39H,9,23-26H2,1H3,(H,37,40)/b12-8+/t33-,36-/m1/s1. The van der Waals surface area contributed by atoms with Gasteiger partial charge in [-0.1, -0.05) is 84.9 Å². The summed E-state index contributed by atoms with van der Waals surface area (Å²) in [6, 6.07) is 34.8. The van der Waals surface area contributed by atoms with Gasteiger partial charge in [0.2, 0.25) is 5.90 Å². The molecule has 0 saturated heterocycles. The normalized spacial score (nSPS) is 17.7. The van der Waals surface area contributed by atoms with Gasteiger partial charge in [-0.3, -0.25) is 4.79 Å². The lowest BCUT2D eigenvalue weighted by Crippen LogP contribution is -2.47. The molecule has 7 nitrogen and oxygen atoms in total. The van der Waals surface area contributed by atoms with Crippen LogP contribution in [-0.4, -0.2) is 42.8 Å². The molecule has 1 aliphatic heterocycles. The first-order valence-corrected chi connectivity index (χ1v) is 14.4. The highest BCUT2D eigenvalue weighted by molar-refractivity contribution is 6.01. The van der Waals surface area contributed by atoms with Gasteiger partial charge in [-0.2, -0.15) is 0 Å². The first kappa shape index (κ1) is 29.6. The summed E-state index contributed by atoms with van der Waals surface area (Å²) < 4.78 is 17.5. The van der Waals surface area contributed by atoms with Gasteiger partial charge in [0.25, 0.3) is 5.91 Å². The fraction of sp³-hybridized carbons (Fsp3) is 0.222. The highest BCUT2D eigenvalue weighted by atomic mass is 16.5. The first-order chi connectivity index (χ1) is 21.1. The number of aliphatic imine (C=N–C) groups is 1. The Labute approximate surface area is 252 Å². The van der Waals surface area contributed by atoms with Gasteiger partial charge in [0, 0.05) is 31.6 Å². The molecule has 0 aliphatic carbocycles. The highest BCUT2D eigenvalue weighted by Gasteiger charge is 2.52. The van der Waals surface area contributed by atoms with Crippen LogP contribution in [0, 0.1) is 0 Å². The Balaban J connectivity index is 1.49. The lowest BCUT2D eigenvalue weighted by atomic mass is 9.84. The summed E-state index contributed by atoms with van der Waals surface area (Å²) in [6.45, 7) is 0.832. The molecule has 0 spiro atoms. The second-order valence-electron chi connectivity index (χ2n) is 10.2. The van der Waals surface area contributed by atoms with E-state index in [1.807, 2.05) is 121 Å². The average molecular weight is 577 g/mol. The molecule has 7 heteroatoms. The number of nitrogens with zero attached hydrogens (tertiary/aromatic N) is 1. The van der Waals surface area contributed by atoms with Gasteiger partial charge >= 0.3 is 0 Å². The zero-order chi connectivity index (χ0) is 29.9. The van der Waals surface area contributed by atoms with Crippen molar-refractivity contribution in [1.29, 1.82) is 0 Å². The summed E-state index contributed by atoms with van der Waals surface area (Å²) >= 11 is 0. The predicted octanol–water partition coefficient (Wildman–Crippen LogP) is 6.13. The summed E-state index contributed by atoms with van der Waals surface area (Å²) in [4.78, 5) is 19.3. The number of carbonyl (C=O) groups is 1. The molecule has 0 aromatic heterocycles. The monoisotopic (exact) mass is 576 g/mol. The molecule has 5 rings (SSSR count). The minimum absolute atomic E-state index is 0.0743. The zero-order valence-corrected chi connectivity index (χ0v) is 24.2. The number of hydrogen-bond acceptors (Lipinski definition) is 6. The van der Waals surface area contributed by atoms with Crippen molar-refractivity contribution >= 4 is 17.9 Å². The number of aliphatic hydroxyl groups is 1. The lowest BCUT2D eigenvalue weighted by molar-refractivity contribution is -0.129. The van der Waals surface area contributed by atoms with Gasteiger partial charge in [-0.25, -0.2) is 4.99 Å². The van der Waals surface area contributed by atoms with Crippen molar-refractivity contribution in [3.05, 3.63) is 138 Å². The van der Waals surface area contributed by atoms with Crippen molar-refractivity contribution in [3.8, 4) is 11.5 Å². The largest absolute Gasteiger partial charge is 0.497 e. The van der Waals surface area contributed by atoms with E-state index in [4.69, 9.17) is 24.3 Å². The van der Waals surface area contributed by atoms with Crippen LogP contribution in [0.1, 0.15) is 41.2 Å². The number of nitrogens with one attached hydrogen (secondary N) is 1. The molecule has 0 bridgehead atoms. The maximum atomic E-state index is 14.3. The predicted molar refractivity (Wildman–Crippen MR) is 168 cm³/mol. The lowest BCUT2D eigenvalue weighted by Gasteiger charge is -2.29. The van der Waals surface area contributed by atoms with E-state index in [1.54, 1.807) is 7.11 Å². The van der Waals surface area contributed by atoms with Crippen LogP contribution in [0.4, 0.5) is 0 Å². The van der Waals surface area contributed by atoms with Crippen molar-refractivity contribution < 1.29 is 24.1 Å². The SMILES string of the molecule is COc1ccc(CNC(=O)[C@]2(C/C=C/c3ccccc3)N=C(c3ccc(OCCCO)cc3)O[C@@H]2c2ccccc2)cc1. The molecule has 0 radical (unpaired) electrons. The maximum absolute atomic E-state index is 14.3. The molecule has 43 heavy (non-hydrogen) atoms. The van der Waals surface area contributed by atoms with Crippen LogP contribution in [0.25, 0.3) is 6.08 Å². The summed E-state index contributed by atoms with van der Waals surface area (Å²) in [7, 11) is 1.63. The van der Waals surface area contributed by atoms with Crippen molar-refractivity contribution in [3.63, 3.8) is 0 Å². The minimum atomic E-state index is -1.26. The molecule has 4 aromatic rings. The Morgan fingerprint density at radius 3 is 2.28 bits per heavy atom. The van der Waals surface area contributed by atoms with E-state index >= 15 is 0 Å². The second kappa shape index (κ2) is 14.3. The van der Waals surface area contributed by atoms with E-state index in [9.17, 15) is 4.79 Å². The summed E-state index contributed by atoms with van der Waals surface area (Å²) in [5.74, 6) is 1.60. The Morgan fingerprint density at radius 2 is 1.60 bits per heavy atom. The molecule has 220 valence electrons. The fourth-order valence-corrected chi connectivity index (χ4v) is 4.96. The molecule has 0 unspecified atom stereocenters. The molecule has 4 aromatic carbocycles. The fourth-order valence-electron chi connectivity index (χ4n) is 4.96. The van der Waals surface area contributed by atoms with Gasteiger partial charge in [-0.15, -0.1) is 0 Å². The van der Waals surface area contributed by atoms with E-state index in [1.165, 1.54) is 0 Å². The van der Waals surface area contributed by atoms with Gasteiger partial charge < -0.3 is 24.6 Å². The van der Waals surface area contributed by atoms with Crippen LogP contribution in [0.15, 0.2) is 120 Å². The molecular weight excluding hydrogens is 540 g/mol. The third kappa shape index (κ3) is 7.31. The third-order valence-electron chi connectivity index (χ3n) is 7.28. The third-order valence-corrected chi connectivity index (χ3v) is 7.28. The summed E-state index contributed by atoms with van der Waals surface area (Å²) in [5.41, 5.74) is 2.32. The smallest absolute Gasteiger partial charge is 0.252 e. The number of hydrogen-bond donors (Lipinski definition) is 2. The minimum Gasteiger partial charge on any atom is -0.497 e. The van der Waals surface area contributed by atoms with E-state index in [-0.39, 0.29) is 12.5 Å². The highest BCUT2D eigenvalue weighted by Crippen LogP contribution is 2.43. The molecule has 1 amide bonds. The number of amides is 1. The number of carbonyl (C=O) groups excluding carboxylic acids is 1. The van der Waals surface area contributed by atoms with E-state index in [2.05, 4.69) is 5.32 Å². The van der Waals surface area contributed by atoms with E-state index in [0.717, 1.165) is 28.0 Å². The molecular formula is C36H36N2O5. The Kier molecular flexibility index (Phi) is 9.87. The molecule has 0 saturated carbocycles. The molecule has 0 fully saturated rings. The van der Waals surface area contributed by atoms with Crippen molar-refractivity contribution in [2.24, 2.45) is 4.99 Å². The van der Waals surface area contributed by atoms with Crippen LogP contribution in [0.2, 0.25) is 0 Å². The molecule has 1 aliphatic rings. The zero-order valence-electron chi connectivity index (χ0n) is 24.2. The number of benzene rings is 4. The number of ether oxygens (including phenoxy) is 3. The van der Waals surface area contributed by atoms with Gasteiger partial charge in [-0.05, 0) is 53.1 Å². The molecule has 1 heterocycles. The Morgan fingerprint density at radius 1 is 0.930 bits per heavy atom. The Bertz CT molecular complexity index is 1520. The van der Waals surface area contributed by atoms with E-state index < -0.39 is 11.6 Å². The number of methoxy groups -OCH3 is 1. The molecule has 2 N–H and O–H groups in total. The van der Waals surface area contributed by atoms with Crippen molar-refractivity contribution in [2.45, 2.75) is 31.0 Å². The van der Waals surface area contributed by atoms with Crippen LogP contribution in [0.5, 0.6) is 11.5 Å². The Hall–Kier alpha value is -4.88. The van der Waals surface area contributed by atoms with Crippen LogP contribution >= 0.6 is 0 Å². The molecule has 2 atom stereocenters. The number of rotatable bonds is 13. The number of aliphatic hydroxyl groups excluding tert-OH is 1. The van der Waals surface area contributed by atoms with Crippen molar-refractivity contribution in [1.82, 2.24) is 5.32 Å². The average Bonchev–Trinajstić information content (AvgIpc) is 3.46. The second-order valence-corrected chi connectivity index (χ2v) is 10.2. The van der Waals surface area contributed by atoms with Crippen LogP contribution < -0.4 is 14.8 Å².